The van der Waals surface area contributed by atoms with Crippen molar-refractivity contribution in [3.8, 4) is 0 Å². The molecule has 0 spiro atoms. The van der Waals surface area contributed by atoms with Gasteiger partial charge >= 0.3 is 29.9 Å². The molecule has 0 heterocycles. The van der Waals surface area contributed by atoms with Crippen LogP contribution in [0, 0.1) is 38.8 Å². The molecule has 0 N–H and O–H groups in total. The van der Waals surface area contributed by atoms with Gasteiger partial charge in [0.25, 0.3) is 0 Å². The van der Waals surface area contributed by atoms with Crippen LogP contribution in [-0.2, 0) is 23.0 Å². The van der Waals surface area contributed by atoms with Crippen molar-refractivity contribution < 1.29 is 47.8 Å². The Kier molecular flexibility index (Phi) is 27.8. The van der Waals surface area contributed by atoms with Gasteiger partial charge in [0, 0.05) is 0 Å². The van der Waals surface area contributed by atoms with Gasteiger partial charge in [0.1, 0.15) is 0 Å². The molecule has 2 atom stereocenters. The molecule has 0 saturated heterocycles. The van der Waals surface area contributed by atoms with Crippen molar-refractivity contribution in [2.24, 2.45) is 11.8 Å². The summed E-state index contributed by atoms with van der Waals surface area (Å²) in [5.41, 5.74) is 5.42. The van der Waals surface area contributed by atoms with E-state index in [9.17, 15) is 0 Å². The van der Waals surface area contributed by atoms with Crippen LogP contribution in [-0.4, -0.2) is 6.94 Å². The SMILES string of the molecule is CC1=[C-]C(C)C(C)=C1.CC1=[C-]C(C)C=C1C.[CH3-].[CH3-].[Cl-].[Cl-].[SiH2]=[Hf+2]. The Labute approximate surface area is 168 Å². The Bertz CT molecular complexity index is 391. The van der Waals surface area contributed by atoms with Gasteiger partial charge in [0.2, 0.25) is 0 Å². The first-order chi connectivity index (χ1) is 8.40. The molecule has 22 heavy (non-hydrogen) atoms. The Hall–Kier alpha value is 0.627. The first kappa shape index (κ1) is 34.1. The molecular weight excluding hydrogens is 494 g/mol. The number of rotatable bonds is 0. The molecule has 0 aliphatic heterocycles. The van der Waals surface area contributed by atoms with Gasteiger partial charge in [0.05, 0.1) is 0 Å². The van der Waals surface area contributed by atoms with Crippen LogP contribution in [0.4, 0.5) is 0 Å². The van der Waals surface area contributed by atoms with Crippen LogP contribution in [0.3, 0.4) is 0 Å². The molecule has 2 rings (SSSR count). The van der Waals surface area contributed by atoms with Crippen molar-refractivity contribution in [2.45, 2.75) is 41.5 Å². The standard InChI is InChI=1S/2C8H11.2CH3.2ClH.Hf.H2Si/c2*1-6-4-7(2)8(3)5-6;;;;;;/h4,8H,1-3H3;4,6H,1-3H3;2*1H3;2*1H;;1H2/q4*-1;;;+2;/p-2. The van der Waals surface area contributed by atoms with Crippen molar-refractivity contribution in [1.29, 1.82) is 0 Å². The number of hydrogen-bond donors (Lipinski definition) is 0. The molecule has 0 amide bonds. The van der Waals surface area contributed by atoms with Crippen LogP contribution < -0.4 is 24.8 Å². The van der Waals surface area contributed by atoms with Gasteiger partial charge in [-0.15, -0.1) is 6.92 Å². The quantitative estimate of drug-likeness (QED) is 0.272. The second kappa shape index (κ2) is 18.0. The molecule has 0 bridgehead atoms. The molecule has 2 aliphatic rings. The van der Waals surface area contributed by atoms with E-state index >= 15 is 0 Å². The molecule has 0 radical (unpaired) electrons. The number of allylic oxidation sites excluding steroid dienone is 8. The third-order valence-corrected chi connectivity index (χ3v) is 3.11. The maximum atomic E-state index is 3.29. The van der Waals surface area contributed by atoms with Crippen molar-refractivity contribution in [1.82, 2.24) is 0 Å². The third kappa shape index (κ3) is 13.1. The normalized spacial score (nSPS) is 20.4. The summed E-state index contributed by atoms with van der Waals surface area (Å²) in [6.45, 7) is 14.8. The molecule has 4 heteroatoms. The van der Waals surface area contributed by atoms with Gasteiger partial charge in [-0.2, -0.15) is 11.6 Å². The Morgan fingerprint density at radius 3 is 1.50 bits per heavy atom. The Balaban J connectivity index is -0.0000000676. The molecule has 0 aromatic heterocycles. The van der Waals surface area contributed by atoms with Crippen molar-refractivity contribution >= 4 is 6.94 Å². The Morgan fingerprint density at radius 1 is 0.955 bits per heavy atom. The molecule has 0 nitrogen and oxygen atoms in total. The van der Waals surface area contributed by atoms with Crippen molar-refractivity contribution in [3.05, 3.63) is 61.4 Å². The Morgan fingerprint density at radius 2 is 1.41 bits per heavy atom. The zero-order valence-electron chi connectivity index (χ0n) is 15.3. The fourth-order valence-electron chi connectivity index (χ4n) is 1.96. The summed E-state index contributed by atoms with van der Waals surface area (Å²) >= 11 is 1.33. The summed E-state index contributed by atoms with van der Waals surface area (Å²) in [6.07, 6.45) is 11.0. The summed E-state index contributed by atoms with van der Waals surface area (Å²) in [4.78, 5) is 0. The fourth-order valence-corrected chi connectivity index (χ4v) is 1.96. The second-order valence-corrected chi connectivity index (χ2v) is 4.85. The first-order valence-corrected chi connectivity index (χ1v) is 14.7. The van der Waals surface area contributed by atoms with Gasteiger partial charge in [-0.3, -0.25) is 12.2 Å². The van der Waals surface area contributed by atoms with E-state index in [1.807, 2.05) is 6.94 Å². The number of halogens is 2. The maximum absolute atomic E-state index is 3.29. The van der Waals surface area contributed by atoms with Gasteiger partial charge in [-0.1, -0.05) is 46.5 Å². The fraction of sp³-hybridized carbons (Fsp3) is 0.444. The average Bonchev–Trinajstić information content (AvgIpc) is 2.74. The topological polar surface area (TPSA) is 0 Å². The van der Waals surface area contributed by atoms with Gasteiger partial charge in [0.15, 0.2) is 0 Å². The molecule has 0 aromatic carbocycles. The zero-order valence-corrected chi connectivity index (χ0v) is 21.8. The summed E-state index contributed by atoms with van der Waals surface area (Å²) in [7, 11) is 0. The van der Waals surface area contributed by atoms with Gasteiger partial charge in [-0.25, -0.2) is 22.8 Å². The minimum absolute atomic E-state index is 0. The molecule has 2 aliphatic carbocycles. The van der Waals surface area contributed by atoms with Gasteiger partial charge < -0.3 is 39.7 Å². The molecule has 0 aromatic rings. The van der Waals surface area contributed by atoms with E-state index in [0.717, 1.165) is 0 Å². The molecule has 2 unspecified atom stereocenters. The van der Waals surface area contributed by atoms with Gasteiger partial charge in [-0.05, 0) is 0 Å². The van der Waals surface area contributed by atoms with E-state index in [0.29, 0.717) is 11.8 Å². The van der Waals surface area contributed by atoms with Crippen LogP contribution >= 0.6 is 0 Å². The van der Waals surface area contributed by atoms with Crippen LogP contribution in [0.25, 0.3) is 0 Å². The monoisotopic (exact) mass is 524 g/mol. The van der Waals surface area contributed by atoms with Crippen LogP contribution in [0.2, 0.25) is 0 Å². The first-order valence-electron chi connectivity index (χ1n) is 6.32. The summed E-state index contributed by atoms with van der Waals surface area (Å²) < 4.78 is 0. The van der Waals surface area contributed by atoms with Crippen LogP contribution in [0.15, 0.2) is 34.4 Å². The third-order valence-electron chi connectivity index (χ3n) is 3.11. The predicted octanol–water partition coefficient (Wildman–Crippen LogP) is -1.35. The van der Waals surface area contributed by atoms with Crippen LogP contribution in [0.1, 0.15) is 41.5 Å². The minimum atomic E-state index is 0. The van der Waals surface area contributed by atoms with E-state index in [1.54, 1.807) is 0 Å². The van der Waals surface area contributed by atoms with E-state index < -0.39 is 0 Å². The van der Waals surface area contributed by atoms with E-state index in [1.165, 1.54) is 45.3 Å². The van der Waals surface area contributed by atoms with E-state index in [-0.39, 0.29) is 39.7 Å². The number of hydrogen-bond acceptors (Lipinski definition) is 0. The van der Waals surface area contributed by atoms with E-state index in [2.05, 4.69) is 65.8 Å². The van der Waals surface area contributed by atoms with E-state index in [4.69, 9.17) is 0 Å². The molecule has 0 saturated carbocycles. The average molecular weight is 524 g/mol. The van der Waals surface area contributed by atoms with Crippen molar-refractivity contribution in [2.75, 3.05) is 0 Å². The van der Waals surface area contributed by atoms with Crippen LogP contribution in [0.5, 0.6) is 0 Å². The summed E-state index contributed by atoms with van der Waals surface area (Å²) in [6, 6.07) is 0. The summed E-state index contributed by atoms with van der Waals surface area (Å²) in [5, 5.41) is 0. The molecular formula is C18H30Cl2HfSi-4. The second-order valence-electron chi connectivity index (χ2n) is 4.85. The predicted molar refractivity (Wildman–Crippen MR) is 92.1 cm³/mol. The molecule has 0 fully saturated rings. The zero-order chi connectivity index (χ0) is 14.3. The molecule has 128 valence electrons. The summed E-state index contributed by atoms with van der Waals surface area (Å²) in [5.74, 6) is 1.12. The van der Waals surface area contributed by atoms with Crippen molar-refractivity contribution in [3.63, 3.8) is 0 Å².